The highest BCUT2D eigenvalue weighted by molar-refractivity contribution is 6.34. The predicted octanol–water partition coefficient (Wildman–Crippen LogP) is 4.02. The summed E-state index contributed by atoms with van der Waals surface area (Å²) in [6.07, 6.45) is 0. The van der Waals surface area contributed by atoms with Crippen LogP contribution in [0, 0.1) is 0 Å². The molecule has 2 aromatic carbocycles. The van der Waals surface area contributed by atoms with E-state index in [1.54, 1.807) is 12.1 Å². The van der Waals surface area contributed by atoms with Crippen molar-refractivity contribution in [3.8, 4) is 5.75 Å². The van der Waals surface area contributed by atoms with Crippen LogP contribution in [0.3, 0.4) is 0 Å². The lowest BCUT2D eigenvalue weighted by Crippen LogP contribution is -2.13. The first-order chi connectivity index (χ1) is 9.88. The molecule has 6 heteroatoms. The molecule has 110 valence electrons. The summed E-state index contributed by atoms with van der Waals surface area (Å²) >= 11 is 12.0. The van der Waals surface area contributed by atoms with Crippen molar-refractivity contribution in [2.75, 3.05) is 24.3 Å². The van der Waals surface area contributed by atoms with Crippen molar-refractivity contribution in [1.82, 2.24) is 0 Å². The van der Waals surface area contributed by atoms with Gasteiger partial charge in [0, 0.05) is 24.8 Å². The zero-order chi connectivity index (χ0) is 15.6. The number of hydrogen-bond donors (Lipinski definition) is 2. The molecule has 2 N–H and O–H groups in total. The fourth-order valence-electron chi connectivity index (χ4n) is 1.76. The molecule has 0 aliphatic rings. The zero-order valence-electron chi connectivity index (χ0n) is 11.5. The maximum atomic E-state index is 12.2. The molecule has 0 aliphatic carbocycles. The first-order valence-electron chi connectivity index (χ1n) is 6.15. The fraction of sp³-hybridized carbons (Fsp3) is 0.133. The average molecular weight is 325 g/mol. The Hall–Kier alpha value is -1.91. The third kappa shape index (κ3) is 3.60. The summed E-state index contributed by atoms with van der Waals surface area (Å²) in [4.78, 5) is 14.1. The van der Waals surface area contributed by atoms with E-state index in [-0.39, 0.29) is 11.3 Å². The number of hydrogen-bond acceptors (Lipinski definition) is 3. The van der Waals surface area contributed by atoms with Gasteiger partial charge in [0.2, 0.25) is 0 Å². The summed E-state index contributed by atoms with van der Waals surface area (Å²) in [5.74, 6) is -0.618. The third-order valence-corrected chi connectivity index (χ3v) is 3.47. The van der Waals surface area contributed by atoms with Crippen LogP contribution >= 0.6 is 23.2 Å². The Bertz CT molecular complexity index is 687. The highest BCUT2D eigenvalue weighted by Gasteiger charge is 2.13. The summed E-state index contributed by atoms with van der Waals surface area (Å²) in [6, 6.07) is 9.56. The van der Waals surface area contributed by atoms with E-state index in [0.717, 1.165) is 5.69 Å². The molecule has 21 heavy (non-hydrogen) atoms. The quantitative estimate of drug-likeness (QED) is 0.896. The van der Waals surface area contributed by atoms with Gasteiger partial charge in [-0.05, 0) is 36.4 Å². The standard InChI is InChI=1S/C15H14Cl2N2O2/c1-19(2)10-4-5-13(12(17)8-10)18-15(21)11-7-9(16)3-6-14(11)20/h3-8,20H,1-2H3,(H,18,21). The van der Waals surface area contributed by atoms with Crippen LogP contribution in [0.2, 0.25) is 10.0 Å². The zero-order valence-corrected chi connectivity index (χ0v) is 13.0. The molecule has 0 saturated heterocycles. The molecule has 0 aliphatic heterocycles. The number of phenolic OH excluding ortho intramolecular Hbond substituents is 1. The summed E-state index contributed by atoms with van der Waals surface area (Å²) in [5.41, 5.74) is 1.48. The summed E-state index contributed by atoms with van der Waals surface area (Å²) in [5, 5.41) is 13.1. The Kier molecular flexibility index (Phi) is 4.60. The van der Waals surface area contributed by atoms with Gasteiger partial charge < -0.3 is 15.3 Å². The lowest BCUT2D eigenvalue weighted by molar-refractivity contribution is 0.102. The minimum absolute atomic E-state index is 0.0928. The van der Waals surface area contributed by atoms with Crippen LogP contribution in [0.25, 0.3) is 0 Å². The largest absolute Gasteiger partial charge is 0.507 e. The Morgan fingerprint density at radius 2 is 1.86 bits per heavy atom. The Balaban J connectivity index is 2.25. The highest BCUT2D eigenvalue weighted by atomic mass is 35.5. The van der Waals surface area contributed by atoms with Gasteiger partial charge in [-0.3, -0.25) is 4.79 Å². The number of rotatable bonds is 3. The van der Waals surface area contributed by atoms with Gasteiger partial charge >= 0.3 is 0 Å². The number of carbonyl (C=O) groups is 1. The van der Waals surface area contributed by atoms with E-state index in [1.807, 2.05) is 25.1 Å². The minimum Gasteiger partial charge on any atom is -0.507 e. The van der Waals surface area contributed by atoms with Gasteiger partial charge in [-0.2, -0.15) is 0 Å². The number of amides is 1. The minimum atomic E-state index is -0.477. The number of phenols is 1. The number of halogens is 2. The second kappa shape index (κ2) is 6.24. The SMILES string of the molecule is CN(C)c1ccc(NC(=O)c2cc(Cl)ccc2O)c(Cl)c1. The van der Waals surface area contributed by atoms with Crippen LogP contribution in [0.15, 0.2) is 36.4 Å². The van der Waals surface area contributed by atoms with Gasteiger partial charge in [-0.1, -0.05) is 23.2 Å². The van der Waals surface area contributed by atoms with E-state index in [2.05, 4.69) is 5.32 Å². The number of aromatic hydroxyl groups is 1. The molecule has 4 nitrogen and oxygen atoms in total. The van der Waals surface area contributed by atoms with Gasteiger partial charge in [0.15, 0.2) is 0 Å². The van der Waals surface area contributed by atoms with Crippen molar-refractivity contribution in [2.45, 2.75) is 0 Å². The van der Waals surface area contributed by atoms with Crippen LogP contribution in [0.5, 0.6) is 5.75 Å². The smallest absolute Gasteiger partial charge is 0.259 e. The van der Waals surface area contributed by atoms with Crippen LogP contribution in [-0.2, 0) is 0 Å². The van der Waals surface area contributed by atoms with E-state index in [9.17, 15) is 9.90 Å². The van der Waals surface area contributed by atoms with E-state index < -0.39 is 5.91 Å². The molecule has 2 rings (SSSR count). The van der Waals surface area contributed by atoms with Crippen molar-refractivity contribution >= 4 is 40.5 Å². The first kappa shape index (κ1) is 15.5. The molecular weight excluding hydrogens is 311 g/mol. The summed E-state index contributed by atoms with van der Waals surface area (Å²) in [7, 11) is 3.79. The van der Waals surface area contributed by atoms with Crippen molar-refractivity contribution in [1.29, 1.82) is 0 Å². The molecule has 0 bridgehead atoms. The lowest BCUT2D eigenvalue weighted by Gasteiger charge is -2.15. The third-order valence-electron chi connectivity index (χ3n) is 2.92. The number of anilines is 2. The van der Waals surface area contributed by atoms with Gasteiger partial charge in [0.1, 0.15) is 5.75 Å². The van der Waals surface area contributed by atoms with Gasteiger partial charge in [-0.15, -0.1) is 0 Å². The molecule has 0 atom stereocenters. The Morgan fingerprint density at radius 1 is 1.14 bits per heavy atom. The molecule has 0 spiro atoms. The van der Waals surface area contributed by atoms with Crippen molar-refractivity contribution in [3.63, 3.8) is 0 Å². The number of carbonyl (C=O) groups excluding carboxylic acids is 1. The maximum Gasteiger partial charge on any atom is 0.259 e. The first-order valence-corrected chi connectivity index (χ1v) is 6.91. The normalized spacial score (nSPS) is 10.3. The lowest BCUT2D eigenvalue weighted by atomic mass is 10.2. The topological polar surface area (TPSA) is 52.6 Å². The molecule has 1 amide bonds. The van der Waals surface area contributed by atoms with Crippen molar-refractivity contribution in [2.24, 2.45) is 0 Å². The van der Waals surface area contributed by atoms with Gasteiger partial charge in [0.05, 0.1) is 16.3 Å². The predicted molar refractivity (Wildman–Crippen MR) is 86.8 cm³/mol. The Labute approximate surface area is 132 Å². The number of nitrogens with zero attached hydrogens (tertiary/aromatic N) is 1. The molecule has 2 aromatic rings. The molecule has 0 unspecified atom stereocenters. The molecule has 0 fully saturated rings. The number of benzene rings is 2. The fourth-order valence-corrected chi connectivity index (χ4v) is 2.16. The Morgan fingerprint density at radius 3 is 2.48 bits per heavy atom. The van der Waals surface area contributed by atoms with Gasteiger partial charge in [0.25, 0.3) is 5.91 Å². The van der Waals surface area contributed by atoms with Crippen LogP contribution in [0.1, 0.15) is 10.4 Å². The highest BCUT2D eigenvalue weighted by Crippen LogP contribution is 2.28. The van der Waals surface area contributed by atoms with Crippen LogP contribution in [0.4, 0.5) is 11.4 Å². The average Bonchev–Trinajstić information content (AvgIpc) is 2.43. The van der Waals surface area contributed by atoms with Gasteiger partial charge in [-0.25, -0.2) is 0 Å². The van der Waals surface area contributed by atoms with E-state index in [0.29, 0.717) is 15.7 Å². The summed E-state index contributed by atoms with van der Waals surface area (Å²) < 4.78 is 0. The summed E-state index contributed by atoms with van der Waals surface area (Å²) in [6.45, 7) is 0. The number of nitrogens with one attached hydrogen (secondary N) is 1. The van der Waals surface area contributed by atoms with Crippen LogP contribution in [-0.4, -0.2) is 25.1 Å². The monoisotopic (exact) mass is 324 g/mol. The van der Waals surface area contributed by atoms with E-state index >= 15 is 0 Å². The maximum absolute atomic E-state index is 12.2. The molecule has 0 heterocycles. The molecule has 0 radical (unpaired) electrons. The van der Waals surface area contributed by atoms with E-state index in [4.69, 9.17) is 23.2 Å². The second-order valence-electron chi connectivity index (χ2n) is 4.67. The van der Waals surface area contributed by atoms with E-state index in [1.165, 1.54) is 18.2 Å². The van der Waals surface area contributed by atoms with Crippen molar-refractivity contribution < 1.29 is 9.90 Å². The molecule has 0 saturated carbocycles. The van der Waals surface area contributed by atoms with Crippen molar-refractivity contribution in [3.05, 3.63) is 52.0 Å². The molecular formula is C15H14Cl2N2O2. The van der Waals surface area contributed by atoms with Crippen LogP contribution < -0.4 is 10.2 Å². The second-order valence-corrected chi connectivity index (χ2v) is 5.52. The molecule has 0 aromatic heterocycles.